The Bertz CT molecular complexity index is 649. The molecule has 0 atom stereocenters. The van der Waals surface area contributed by atoms with Gasteiger partial charge in [0.25, 0.3) is 0 Å². The number of rotatable bonds is 7. The number of nitrogens with one attached hydrogen (secondary N) is 1. The van der Waals surface area contributed by atoms with Crippen LogP contribution in [0, 0.1) is 17.1 Å². The molecule has 1 aromatic carbocycles. The van der Waals surface area contributed by atoms with E-state index in [-0.39, 0.29) is 11.4 Å². The quantitative estimate of drug-likeness (QED) is 0.782. The lowest BCUT2D eigenvalue weighted by Gasteiger charge is -2.19. The maximum atomic E-state index is 14.1. The average Bonchev–Trinajstić information content (AvgIpc) is 2.97. The van der Waals surface area contributed by atoms with Gasteiger partial charge in [0.1, 0.15) is 5.82 Å². The number of anilines is 2. The van der Waals surface area contributed by atoms with Crippen molar-refractivity contribution >= 4 is 21.4 Å². The van der Waals surface area contributed by atoms with Gasteiger partial charge in [-0.2, -0.15) is 5.26 Å². The third kappa shape index (κ3) is 4.60. The van der Waals surface area contributed by atoms with Gasteiger partial charge >= 0.3 is 0 Å². The van der Waals surface area contributed by atoms with Crippen LogP contribution in [0.1, 0.15) is 32.1 Å². The molecule has 1 aliphatic heterocycles. The number of nitrogens with zero attached hydrogens (tertiary/aromatic N) is 2. The Labute approximate surface area is 130 Å². The highest BCUT2D eigenvalue weighted by molar-refractivity contribution is 7.92. The molecule has 1 aliphatic rings. The predicted octanol–water partition coefficient (Wildman–Crippen LogP) is 2.86. The summed E-state index contributed by atoms with van der Waals surface area (Å²) in [6.07, 6.45) is 3.40. The van der Waals surface area contributed by atoms with E-state index in [9.17, 15) is 12.8 Å². The van der Waals surface area contributed by atoms with Crippen molar-refractivity contribution < 1.29 is 12.8 Å². The second-order valence-corrected chi connectivity index (χ2v) is 7.24. The Morgan fingerprint density at radius 3 is 2.64 bits per heavy atom. The molecule has 22 heavy (non-hydrogen) atoms. The third-order valence-electron chi connectivity index (χ3n) is 3.62. The van der Waals surface area contributed by atoms with Gasteiger partial charge in [-0.3, -0.25) is 4.72 Å². The van der Waals surface area contributed by atoms with Crippen LogP contribution in [0.3, 0.4) is 0 Å². The number of hydrogen-bond acceptors (Lipinski definition) is 4. The average molecular weight is 325 g/mol. The first-order valence-electron chi connectivity index (χ1n) is 7.44. The number of sulfonamides is 1. The minimum atomic E-state index is -3.50. The fourth-order valence-corrected chi connectivity index (χ4v) is 3.68. The van der Waals surface area contributed by atoms with E-state index in [1.54, 1.807) is 12.1 Å². The molecule has 0 saturated carbocycles. The molecule has 5 nitrogen and oxygen atoms in total. The molecular formula is C15H20FN3O2S. The van der Waals surface area contributed by atoms with Crippen LogP contribution < -0.4 is 9.62 Å². The van der Waals surface area contributed by atoms with Crippen molar-refractivity contribution in [3.8, 4) is 6.07 Å². The molecule has 0 aromatic heterocycles. The van der Waals surface area contributed by atoms with Gasteiger partial charge in [0.05, 0.1) is 23.2 Å². The lowest BCUT2D eigenvalue weighted by Crippen LogP contribution is -2.20. The highest BCUT2D eigenvalue weighted by Crippen LogP contribution is 2.26. The fourth-order valence-electron chi connectivity index (χ4n) is 2.51. The van der Waals surface area contributed by atoms with Crippen LogP contribution in [-0.2, 0) is 10.0 Å². The largest absolute Gasteiger partial charge is 0.369 e. The van der Waals surface area contributed by atoms with Gasteiger partial charge in [-0.1, -0.05) is 0 Å². The van der Waals surface area contributed by atoms with Crippen LogP contribution in [0.2, 0.25) is 0 Å². The van der Waals surface area contributed by atoms with Crippen molar-refractivity contribution in [2.24, 2.45) is 0 Å². The van der Waals surface area contributed by atoms with E-state index in [1.165, 1.54) is 6.07 Å². The van der Waals surface area contributed by atoms with Gasteiger partial charge in [0, 0.05) is 25.6 Å². The summed E-state index contributed by atoms with van der Waals surface area (Å²) in [6.45, 7) is 1.67. The molecule has 0 aliphatic carbocycles. The van der Waals surface area contributed by atoms with E-state index in [0.29, 0.717) is 24.9 Å². The van der Waals surface area contributed by atoms with Gasteiger partial charge in [-0.15, -0.1) is 0 Å². The molecule has 120 valence electrons. The zero-order valence-electron chi connectivity index (χ0n) is 12.4. The molecule has 0 amide bonds. The number of nitriles is 1. The minimum absolute atomic E-state index is 0.0653. The summed E-state index contributed by atoms with van der Waals surface area (Å²) in [6, 6.07) is 6.40. The first-order valence-corrected chi connectivity index (χ1v) is 9.09. The molecule has 0 radical (unpaired) electrons. The Morgan fingerprint density at radius 1 is 1.27 bits per heavy atom. The SMILES string of the molecule is N#CCCCCS(=O)(=O)Nc1ccc(N2CCCC2)c(F)c1. The predicted molar refractivity (Wildman–Crippen MR) is 84.7 cm³/mol. The van der Waals surface area contributed by atoms with Crippen molar-refractivity contribution in [1.82, 2.24) is 0 Å². The molecule has 1 aromatic rings. The number of unbranched alkanes of at least 4 members (excludes halogenated alkanes) is 2. The van der Waals surface area contributed by atoms with Gasteiger partial charge < -0.3 is 4.90 Å². The van der Waals surface area contributed by atoms with Crippen molar-refractivity contribution in [2.75, 3.05) is 28.5 Å². The molecule has 1 saturated heterocycles. The Balaban J connectivity index is 1.98. The molecule has 1 N–H and O–H groups in total. The van der Waals surface area contributed by atoms with Crippen LogP contribution in [0.5, 0.6) is 0 Å². The highest BCUT2D eigenvalue weighted by atomic mass is 32.2. The van der Waals surface area contributed by atoms with Crippen molar-refractivity contribution in [2.45, 2.75) is 32.1 Å². The lowest BCUT2D eigenvalue weighted by atomic mass is 10.2. The van der Waals surface area contributed by atoms with E-state index < -0.39 is 15.8 Å². The Morgan fingerprint density at radius 2 is 2.00 bits per heavy atom. The standard InChI is InChI=1S/C15H20FN3O2S/c16-14-12-13(6-7-15(14)19-9-3-4-10-19)18-22(20,21)11-5-1-2-8-17/h6-7,12,18H,1-5,9-11H2. The lowest BCUT2D eigenvalue weighted by molar-refractivity contribution is 0.597. The zero-order chi connectivity index (χ0) is 16.0. The molecule has 7 heteroatoms. The van der Waals surface area contributed by atoms with Crippen molar-refractivity contribution in [3.05, 3.63) is 24.0 Å². The summed E-state index contributed by atoms with van der Waals surface area (Å²) in [5.41, 5.74) is 0.759. The summed E-state index contributed by atoms with van der Waals surface area (Å²) in [5, 5.41) is 8.42. The van der Waals surface area contributed by atoms with Crippen LogP contribution in [-0.4, -0.2) is 27.3 Å². The van der Waals surface area contributed by atoms with Gasteiger partial charge in [-0.25, -0.2) is 12.8 Å². The van der Waals surface area contributed by atoms with E-state index in [1.807, 2.05) is 11.0 Å². The Hall–Kier alpha value is -1.81. The molecule has 0 spiro atoms. The molecule has 1 heterocycles. The fraction of sp³-hybridized carbons (Fsp3) is 0.533. The van der Waals surface area contributed by atoms with Gasteiger partial charge in [-0.05, 0) is 37.8 Å². The van der Waals surface area contributed by atoms with E-state index in [2.05, 4.69) is 4.72 Å². The van der Waals surface area contributed by atoms with Crippen molar-refractivity contribution in [3.63, 3.8) is 0 Å². The summed E-state index contributed by atoms with van der Waals surface area (Å²) < 4.78 is 40.3. The van der Waals surface area contributed by atoms with Crippen LogP contribution >= 0.6 is 0 Å². The number of hydrogen-bond donors (Lipinski definition) is 1. The maximum Gasteiger partial charge on any atom is 0.232 e. The highest BCUT2D eigenvalue weighted by Gasteiger charge is 2.17. The van der Waals surface area contributed by atoms with Crippen molar-refractivity contribution in [1.29, 1.82) is 5.26 Å². The zero-order valence-corrected chi connectivity index (χ0v) is 13.2. The number of benzene rings is 1. The summed E-state index contributed by atoms with van der Waals surface area (Å²) in [4.78, 5) is 1.97. The molecule has 0 bridgehead atoms. The summed E-state index contributed by atoms with van der Waals surface area (Å²) in [7, 11) is -3.50. The van der Waals surface area contributed by atoms with E-state index in [0.717, 1.165) is 25.9 Å². The topological polar surface area (TPSA) is 73.2 Å². The van der Waals surface area contributed by atoms with Gasteiger partial charge in [0.2, 0.25) is 10.0 Å². The molecule has 0 unspecified atom stereocenters. The number of halogens is 1. The Kier molecular flexibility index (Phi) is 5.61. The smallest absolute Gasteiger partial charge is 0.232 e. The van der Waals surface area contributed by atoms with E-state index >= 15 is 0 Å². The van der Waals surface area contributed by atoms with Crippen LogP contribution in [0.4, 0.5) is 15.8 Å². The first kappa shape index (κ1) is 16.6. The first-order chi connectivity index (χ1) is 10.5. The van der Waals surface area contributed by atoms with Crippen LogP contribution in [0.25, 0.3) is 0 Å². The van der Waals surface area contributed by atoms with Gasteiger partial charge in [0.15, 0.2) is 0 Å². The second kappa shape index (κ2) is 7.45. The second-order valence-electron chi connectivity index (χ2n) is 5.40. The summed E-state index contributed by atoms with van der Waals surface area (Å²) >= 11 is 0. The maximum absolute atomic E-state index is 14.1. The monoisotopic (exact) mass is 325 g/mol. The molecule has 2 rings (SSSR count). The third-order valence-corrected chi connectivity index (χ3v) is 4.99. The van der Waals surface area contributed by atoms with Crippen LogP contribution in [0.15, 0.2) is 18.2 Å². The summed E-state index contributed by atoms with van der Waals surface area (Å²) in [5.74, 6) is -0.476. The minimum Gasteiger partial charge on any atom is -0.369 e. The molecule has 1 fully saturated rings. The van der Waals surface area contributed by atoms with E-state index in [4.69, 9.17) is 5.26 Å². The normalized spacial score (nSPS) is 14.8. The molecular weight excluding hydrogens is 305 g/mol.